The molecule has 0 unspecified atom stereocenters. The van der Waals surface area contributed by atoms with Crippen molar-refractivity contribution in [1.29, 1.82) is 0 Å². The van der Waals surface area contributed by atoms with Gasteiger partial charge in [0, 0.05) is 29.7 Å². The third kappa shape index (κ3) is 4.10. The van der Waals surface area contributed by atoms with E-state index >= 15 is 0 Å². The standard InChI is InChI=1S/C14H20BrNO2/c1-4-16(8-9-18-5-2)14(17)13-10-12(15)7-6-11(13)3/h6-7,10H,4-5,8-9H2,1-3H3. The van der Waals surface area contributed by atoms with E-state index in [-0.39, 0.29) is 5.91 Å². The highest BCUT2D eigenvalue weighted by Crippen LogP contribution is 2.17. The molecule has 0 aromatic heterocycles. The molecule has 0 radical (unpaired) electrons. The molecular formula is C14H20BrNO2. The van der Waals surface area contributed by atoms with Crippen LogP contribution in [0.4, 0.5) is 0 Å². The van der Waals surface area contributed by atoms with Crippen LogP contribution in [-0.2, 0) is 4.74 Å². The summed E-state index contributed by atoms with van der Waals surface area (Å²) in [5.74, 6) is 0.0657. The van der Waals surface area contributed by atoms with Crippen molar-refractivity contribution in [3.8, 4) is 0 Å². The fourth-order valence-electron chi connectivity index (χ4n) is 1.72. The van der Waals surface area contributed by atoms with Gasteiger partial charge < -0.3 is 9.64 Å². The van der Waals surface area contributed by atoms with Gasteiger partial charge in [-0.2, -0.15) is 0 Å². The van der Waals surface area contributed by atoms with Gasteiger partial charge in [0.15, 0.2) is 0 Å². The van der Waals surface area contributed by atoms with E-state index in [2.05, 4.69) is 15.9 Å². The first-order chi connectivity index (χ1) is 8.60. The Morgan fingerprint density at radius 2 is 2.11 bits per heavy atom. The average Bonchev–Trinajstić information content (AvgIpc) is 2.37. The van der Waals surface area contributed by atoms with Crippen molar-refractivity contribution >= 4 is 21.8 Å². The Morgan fingerprint density at radius 3 is 2.72 bits per heavy atom. The van der Waals surface area contributed by atoms with Crippen LogP contribution in [0.25, 0.3) is 0 Å². The molecule has 0 fully saturated rings. The van der Waals surface area contributed by atoms with Gasteiger partial charge in [-0.05, 0) is 38.5 Å². The van der Waals surface area contributed by atoms with Crippen molar-refractivity contribution in [2.24, 2.45) is 0 Å². The van der Waals surface area contributed by atoms with E-state index in [1.54, 1.807) is 0 Å². The minimum Gasteiger partial charge on any atom is -0.380 e. The smallest absolute Gasteiger partial charge is 0.254 e. The summed E-state index contributed by atoms with van der Waals surface area (Å²) < 4.78 is 6.23. The van der Waals surface area contributed by atoms with E-state index in [0.29, 0.717) is 26.3 Å². The van der Waals surface area contributed by atoms with Crippen LogP contribution < -0.4 is 0 Å². The second-order valence-corrected chi connectivity index (χ2v) is 4.96. The Balaban J connectivity index is 2.79. The van der Waals surface area contributed by atoms with Gasteiger partial charge in [-0.3, -0.25) is 4.79 Å². The summed E-state index contributed by atoms with van der Waals surface area (Å²) in [4.78, 5) is 14.2. The second-order valence-electron chi connectivity index (χ2n) is 4.04. The van der Waals surface area contributed by atoms with E-state index in [1.165, 1.54) is 0 Å². The maximum absolute atomic E-state index is 12.4. The summed E-state index contributed by atoms with van der Waals surface area (Å²) in [5, 5.41) is 0. The maximum Gasteiger partial charge on any atom is 0.254 e. The van der Waals surface area contributed by atoms with Gasteiger partial charge in [0.1, 0.15) is 0 Å². The van der Waals surface area contributed by atoms with Crippen molar-refractivity contribution in [3.05, 3.63) is 33.8 Å². The first-order valence-electron chi connectivity index (χ1n) is 6.23. The third-order valence-corrected chi connectivity index (χ3v) is 3.30. The normalized spacial score (nSPS) is 10.4. The predicted octanol–water partition coefficient (Wildman–Crippen LogP) is 3.26. The Hall–Kier alpha value is -0.870. The molecule has 1 aromatic carbocycles. The lowest BCUT2D eigenvalue weighted by Gasteiger charge is -2.21. The number of nitrogens with zero attached hydrogens (tertiary/aromatic N) is 1. The van der Waals surface area contributed by atoms with Gasteiger partial charge in [0.2, 0.25) is 0 Å². The number of carbonyl (C=O) groups excluding carboxylic acids is 1. The molecule has 1 amide bonds. The minimum atomic E-state index is 0.0657. The number of likely N-dealkylation sites (N-methyl/N-ethyl adjacent to an activating group) is 1. The van der Waals surface area contributed by atoms with E-state index in [1.807, 2.05) is 43.9 Å². The van der Waals surface area contributed by atoms with Crippen molar-refractivity contribution in [2.45, 2.75) is 20.8 Å². The van der Waals surface area contributed by atoms with Crippen LogP contribution in [0, 0.1) is 6.92 Å². The van der Waals surface area contributed by atoms with Crippen molar-refractivity contribution in [1.82, 2.24) is 4.90 Å². The molecule has 0 spiro atoms. The molecule has 0 atom stereocenters. The lowest BCUT2D eigenvalue weighted by molar-refractivity contribution is 0.0668. The number of halogens is 1. The van der Waals surface area contributed by atoms with E-state index < -0.39 is 0 Å². The molecule has 0 aliphatic rings. The van der Waals surface area contributed by atoms with Gasteiger partial charge in [-0.1, -0.05) is 22.0 Å². The molecular weight excluding hydrogens is 294 g/mol. The highest BCUT2D eigenvalue weighted by atomic mass is 79.9. The molecule has 0 saturated heterocycles. The molecule has 0 bridgehead atoms. The van der Waals surface area contributed by atoms with Crippen molar-refractivity contribution in [2.75, 3.05) is 26.3 Å². The highest BCUT2D eigenvalue weighted by molar-refractivity contribution is 9.10. The van der Waals surface area contributed by atoms with Gasteiger partial charge in [-0.15, -0.1) is 0 Å². The number of amides is 1. The van der Waals surface area contributed by atoms with Gasteiger partial charge in [-0.25, -0.2) is 0 Å². The SMILES string of the molecule is CCOCCN(CC)C(=O)c1cc(Br)ccc1C. The van der Waals surface area contributed by atoms with Crippen molar-refractivity contribution < 1.29 is 9.53 Å². The summed E-state index contributed by atoms with van der Waals surface area (Å²) in [6.45, 7) is 8.49. The molecule has 4 heteroatoms. The lowest BCUT2D eigenvalue weighted by Crippen LogP contribution is -2.34. The summed E-state index contributed by atoms with van der Waals surface area (Å²) in [6, 6.07) is 5.78. The average molecular weight is 314 g/mol. The number of rotatable bonds is 6. The Labute approximate surface area is 117 Å². The molecule has 0 saturated carbocycles. The molecule has 0 heterocycles. The largest absolute Gasteiger partial charge is 0.380 e. The molecule has 18 heavy (non-hydrogen) atoms. The fraction of sp³-hybridized carbons (Fsp3) is 0.500. The Bertz CT molecular complexity index is 407. The summed E-state index contributed by atoms with van der Waals surface area (Å²) in [6.07, 6.45) is 0. The van der Waals surface area contributed by atoms with Crippen LogP contribution >= 0.6 is 15.9 Å². The van der Waals surface area contributed by atoms with Crippen LogP contribution in [0.2, 0.25) is 0 Å². The van der Waals surface area contributed by atoms with Crippen LogP contribution in [0.3, 0.4) is 0 Å². The van der Waals surface area contributed by atoms with E-state index in [9.17, 15) is 4.79 Å². The molecule has 3 nitrogen and oxygen atoms in total. The lowest BCUT2D eigenvalue weighted by atomic mass is 10.1. The Morgan fingerprint density at radius 1 is 1.39 bits per heavy atom. The zero-order valence-electron chi connectivity index (χ0n) is 11.2. The number of hydrogen-bond donors (Lipinski definition) is 0. The third-order valence-electron chi connectivity index (χ3n) is 2.81. The zero-order valence-corrected chi connectivity index (χ0v) is 12.8. The molecule has 0 aliphatic carbocycles. The number of carbonyl (C=O) groups is 1. The molecule has 100 valence electrons. The number of hydrogen-bond acceptors (Lipinski definition) is 2. The second kappa shape index (κ2) is 7.54. The van der Waals surface area contributed by atoms with E-state index in [0.717, 1.165) is 15.6 Å². The maximum atomic E-state index is 12.4. The molecule has 0 N–H and O–H groups in total. The van der Waals surface area contributed by atoms with Crippen LogP contribution in [0.1, 0.15) is 29.8 Å². The Kier molecular flexibility index (Phi) is 6.36. The number of aryl methyl sites for hydroxylation is 1. The first kappa shape index (κ1) is 15.2. The van der Waals surface area contributed by atoms with Gasteiger partial charge in [0.05, 0.1) is 6.61 Å². The van der Waals surface area contributed by atoms with Crippen LogP contribution in [-0.4, -0.2) is 37.1 Å². The monoisotopic (exact) mass is 313 g/mol. The number of benzene rings is 1. The van der Waals surface area contributed by atoms with Crippen LogP contribution in [0.5, 0.6) is 0 Å². The number of ether oxygens (including phenoxy) is 1. The fourth-order valence-corrected chi connectivity index (χ4v) is 2.08. The minimum absolute atomic E-state index is 0.0657. The zero-order chi connectivity index (χ0) is 13.5. The topological polar surface area (TPSA) is 29.5 Å². The molecule has 1 rings (SSSR count). The van der Waals surface area contributed by atoms with Gasteiger partial charge >= 0.3 is 0 Å². The summed E-state index contributed by atoms with van der Waals surface area (Å²) in [5.41, 5.74) is 1.75. The van der Waals surface area contributed by atoms with Crippen molar-refractivity contribution in [3.63, 3.8) is 0 Å². The summed E-state index contributed by atoms with van der Waals surface area (Å²) >= 11 is 3.40. The predicted molar refractivity (Wildman–Crippen MR) is 76.9 cm³/mol. The molecule has 0 aliphatic heterocycles. The first-order valence-corrected chi connectivity index (χ1v) is 7.02. The van der Waals surface area contributed by atoms with Gasteiger partial charge in [0.25, 0.3) is 5.91 Å². The van der Waals surface area contributed by atoms with E-state index in [4.69, 9.17) is 4.74 Å². The molecule has 1 aromatic rings. The highest BCUT2D eigenvalue weighted by Gasteiger charge is 2.16. The summed E-state index contributed by atoms with van der Waals surface area (Å²) in [7, 11) is 0. The quantitative estimate of drug-likeness (QED) is 0.754. The van der Waals surface area contributed by atoms with Crippen LogP contribution in [0.15, 0.2) is 22.7 Å².